The Morgan fingerprint density at radius 3 is 2.70 bits per heavy atom. The molecule has 0 aromatic heterocycles. The number of rotatable bonds is 6. The van der Waals surface area contributed by atoms with Crippen LogP contribution in [0.4, 0.5) is 0 Å². The van der Waals surface area contributed by atoms with Crippen LogP contribution in [0.2, 0.25) is 0 Å². The largest absolute Gasteiger partial charge is 0.384 e. The molecule has 0 aliphatic carbocycles. The van der Waals surface area contributed by atoms with Gasteiger partial charge in [0, 0.05) is 12.2 Å². The average molecular weight is 275 g/mol. The molecule has 4 nitrogen and oxygen atoms in total. The van der Waals surface area contributed by atoms with E-state index >= 15 is 0 Å². The zero-order valence-corrected chi connectivity index (χ0v) is 12.0. The van der Waals surface area contributed by atoms with Crippen LogP contribution in [-0.4, -0.2) is 30.8 Å². The van der Waals surface area contributed by atoms with E-state index in [-0.39, 0.29) is 25.2 Å². The molecule has 0 fully saturated rings. The van der Waals surface area contributed by atoms with Gasteiger partial charge < -0.3 is 15.2 Å². The van der Waals surface area contributed by atoms with Gasteiger partial charge in [-0.15, -0.1) is 0 Å². The smallest absolute Gasteiger partial charge is 0.246 e. The van der Waals surface area contributed by atoms with E-state index in [1.807, 2.05) is 38.1 Å². The van der Waals surface area contributed by atoms with Crippen LogP contribution in [0.25, 0.3) is 0 Å². The summed E-state index contributed by atoms with van der Waals surface area (Å²) in [7, 11) is 0. The fourth-order valence-electron chi connectivity index (χ4n) is 1.67. The maximum atomic E-state index is 11.6. The molecule has 4 heteroatoms. The Morgan fingerprint density at radius 2 is 2.10 bits per heavy atom. The van der Waals surface area contributed by atoms with Gasteiger partial charge in [-0.3, -0.25) is 4.79 Å². The van der Waals surface area contributed by atoms with Crippen molar-refractivity contribution in [3.05, 3.63) is 35.4 Å². The van der Waals surface area contributed by atoms with E-state index in [4.69, 9.17) is 9.84 Å². The van der Waals surface area contributed by atoms with Crippen molar-refractivity contribution in [3.63, 3.8) is 0 Å². The number of aliphatic hydroxyl groups is 1. The zero-order chi connectivity index (χ0) is 14.8. The van der Waals surface area contributed by atoms with Crippen molar-refractivity contribution in [1.82, 2.24) is 5.32 Å². The fourth-order valence-corrected chi connectivity index (χ4v) is 1.67. The minimum atomic E-state index is -0.147. The van der Waals surface area contributed by atoms with Crippen LogP contribution in [0.1, 0.15) is 37.4 Å². The summed E-state index contributed by atoms with van der Waals surface area (Å²) in [6.07, 6.45) is 0.902. The van der Waals surface area contributed by atoms with Crippen LogP contribution in [0.15, 0.2) is 24.3 Å². The van der Waals surface area contributed by atoms with Crippen molar-refractivity contribution in [3.8, 4) is 11.8 Å². The molecular formula is C16H21NO3. The number of aliphatic hydroxyl groups excluding tert-OH is 1. The van der Waals surface area contributed by atoms with Crippen LogP contribution in [-0.2, 0) is 9.53 Å². The molecule has 1 aromatic rings. The number of benzene rings is 1. The van der Waals surface area contributed by atoms with E-state index in [1.165, 1.54) is 0 Å². The molecule has 0 saturated heterocycles. The van der Waals surface area contributed by atoms with E-state index in [0.717, 1.165) is 17.5 Å². The molecule has 0 radical (unpaired) electrons. The molecule has 108 valence electrons. The van der Waals surface area contributed by atoms with Crippen molar-refractivity contribution in [2.75, 3.05) is 19.8 Å². The molecule has 1 aromatic carbocycles. The lowest BCUT2D eigenvalue weighted by Crippen LogP contribution is -2.30. The lowest BCUT2D eigenvalue weighted by molar-refractivity contribution is -0.126. The molecule has 0 bridgehead atoms. The Labute approximate surface area is 120 Å². The first kappa shape index (κ1) is 16.2. The first-order valence-corrected chi connectivity index (χ1v) is 6.74. The van der Waals surface area contributed by atoms with E-state index < -0.39 is 0 Å². The monoisotopic (exact) mass is 275 g/mol. The second-order valence-electron chi connectivity index (χ2n) is 4.42. The number of carbonyl (C=O) groups excluding carboxylic acids is 1. The first-order valence-electron chi connectivity index (χ1n) is 6.74. The first-order chi connectivity index (χ1) is 9.67. The van der Waals surface area contributed by atoms with Gasteiger partial charge in [0.25, 0.3) is 0 Å². The summed E-state index contributed by atoms with van der Waals surface area (Å²) in [6.45, 7) is 4.47. The zero-order valence-electron chi connectivity index (χ0n) is 12.0. The van der Waals surface area contributed by atoms with Gasteiger partial charge in [-0.2, -0.15) is 0 Å². The molecule has 2 N–H and O–H groups in total. The van der Waals surface area contributed by atoms with Gasteiger partial charge >= 0.3 is 0 Å². The molecule has 1 atom stereocenters. The average Bonchev–Trinajstić information content (AvgIpc) is 2.46. The SMILES string of the molecule is CCCOCC(=O)NC(C)c1ccc(C#CCO)cc1. The lowest BCUT2D eigenvalue weighted by atomic mass is 10.1. The second kappa shape index (κ2) is 9.13. The summed E-state index contributed by atoms with van der Waals surface area (Å²) in [5.41, 5.74) is 1.84. The number of nitrogens with one attached hydrogen (secondary N) is 1. The number of amides is 1. The van der Waals surface area contributed by atoms with Gasteiger partial charge in [-0.05, 0) is 31.0 Å². The third-order valence-corrected chi connectivity index (χ3v) is 2.68. The van der Waals surface area contributed by atoms with Gasteiger partial charge in [-0.25, -0.2) is 0 Å². The lowest BCUT2D eigenvalue weighted by Gasteiger charge is -2.14. The topological polar surface area (TPSA) is 58.6 Å². The highest BCUT2D eigenvalue weighted by Crippen LogP contribution is 2.12. The van der Waals surface area contributed by atoms with Crippen molar-refractivity contribution in [2.24, 2.45) is 0 Å². The van der Waals surface area contributed by atoms with Crippen molar-refractivity contribution < 1.29 is 14.6 Å². The van der Waals surface area contributed by atoms with E-state index in [9.17, 15) is 4.79 Å². The minimum Gasteiger partial charge on any atom is -0.384 e. The second-order valence-corrected chi connectivity index (χ2v) is 4.42. The van der Waals surface area contributed by atoms with E-state index in [0.29, 0.717) is 6.61 Å². The summed E-state index contributed by atoms with van der Waals surface area (Å²) in [6, 6.07) is 7.49. The number of ether oxygens (including phenoxy) is 1. The number of hydrogen-bond donors (Lipinski definition) is 2. The molecule has 1 rings (SSSR count). The number of carbonyl (C=O) groups is 1. The highest BCUT2D eigenvalue weighted by atomic mass is 16.5. The minimum absolute atomic E-state index is 0.0763. The molecule has 0 heterocycles. The van der Waals surface area contributed by atoms with Crippen molar-refractivity contribution >= 4 is 5.91 Å². The predicted octanol–water partition coefficient (Wildman–Crippen LogP) is 1.63. The van der Waals surface area contributed by atoms with E-state index in [1.54, 1.807) is 0 Å². The summed E-state index contributed by atoms with van der Waals surface area (Å²) >= 11 is 0. The van der Waals surface area contributed by atoms with Gasteiger partial charge in [0.2, 0.25) is 5.91 Å². The quantitative estimate of drug-likeness (QED) is 0.613. The molecule has 1 unspecified atom stereocenters. The molecule has 20 heavy (non-hydrogen) atoms. The Morgan fingerprint density at radius 1 is 1.40 bits per heavy atom. The van der Waals surface area contributed by atoms with Gasteiger partial charge in [0.1, 0.15) is 13.2 Å². The molecule has 1 amide bonds. The maximum absolute atomic E-state index is 11.6. The summed E-state index contributed by atoms with van der Waals surface area (Å²) in [5.74, 6) is 5.31. The summed E-state index contributed by atoms with van der Waals surface area (Å²) in [5, 5.41) is 11.5. The Kier molecular flexibility index (Phi) is 7.41. The normalized spacial score (nSPS) is 11.3. The Balaban J connectivity index is 2.50. The maximum Gasteiger partial charge on any atom is 0.246 e. The third kappa shape index (κ3) is 5.87. The van der Waals surface area contributed by atoms with Crippen molar-refractivity contribution in [2.45, 2.75) is 26.3 Å². The van der Waals surface area contributed by atoms with Gasteiger partial charge in [0.05, 0.1) is 6.04 Å². The van der Waals surface area contributed by atoms with Crippen LogP contribution in [0.5, 0.6) is 0 Å². The molecule has 0 aliphatic heterocycles. The van der Waals surface area contributed by atoms with Gasteiger partial charge in [0.15, 0.2) is 0 Å². The molecular weight excluding hydrogens is 254 g/mol. The Hall–Kier alpha value is -1.83. The van der Waals surface area contributed by atoms with Crippen LogP contribution < -0.4 is 5.32 Å². The highest BCUT2D eigenvalue weighted by molar-refractivity contribution is 5.77. The molecule has 0 aliphatic rings. The third-order valence-electron chi connectivity index (χ3n) is 2.68. The molecule has 0 spiro atoms. The Bertz CT molecular complexity index is 471. The van der Waals surface area contributed by atoms with E-state index in [2.05, 4.69) is 17.2 Å². The predicted molar refractivity (Wildman–Crippen MR) is 78.1 cm³/mol. The highest BCUT2D eigenvalue weighted by Gasteiger charge is 2.09. The van der Waals surface area contributed by atoms with Crippen molar-refractivity contribution in [1.29, 1.82) is 0 Å². The molecule has 0 saturated carbocycles. The van der Waals surface area contributed by atoms with Gasteiger partial charge in [-0.1, -0.05) is 30.9 Å². The number of hydrogen-bond acceptors (Lipinski definition) is 3. The van der Waals surface area contributed by atoms with Crippen LogP contribution in [0.3, 0.4) is 0 Å². The summed E-state index contributed by atoms with van der Waals surface area (Å²) in [4.78, 5) is 11.6. The standard InChI is InChI=1S/C16H21NO3/c1-3-11-20-12-16(19)17-13(2)15-8-6-14(7-9-15)5-4-10-18/h6-9,13,18H,3,10-12H2,1-2H3,(H,17,19). The fraction of sp³-hybridized carbons (Fsp3) is 0.438. The van der Waals surface area contributed by atoms with Crippen LogP contribution >= 0.6 is 0 Å². The van der Waals surface area contributed by atoms with Crippen LogP contribution in [0, 0.1) is 11.8 Å². The summed E-state index contributed by atoms with van der Waals surface area (Å²) < 4.78 is 5.19.